The largest absolute Gasteiger partial charge is 0.396 e. The van der Waals surface area contributed by atoms with Gasteiger partial charge >= 0.3 is 0 Å². The first kappa shape index (κ1) is 13.8. The first-order valence-corrected chi connectivity index (χ1v) is 7.38. The van der Waals surface area contributed by atoms with Gasteiger partial charge in [-0.25, -0.2) is 0 Å². The number of hydrogen-bond acceptors (Lipinski definition) is 3. The number of piperidine rings is 1. The number of amides is 1. The number of aliphatic hydroxyl groups excluding tert-OH is 1. The average molecular weight is 254 g/mol. The third-order valence-corrected chi connectivity index (χ3v) is 4.57. The van der Waals surface area contributed by atoms with Gasteiger partial charge in [0.1, 0.15) is 0 Å². The summed E-state index contributed by atoms with van der Waals surface area (Å²) in [6.07, 6.45) is 8.86. The topological polar surface area (TPSA) is 61.4 Å². The van der Waals surface area contributed by atoms with Gasteiger partial charge in [0.2, 0.25) is 5.91 Å². The Balaban J connectivity index is 1.79. The number of aliphatic hydroxyl groups is 1. The molecule has 18 heavy (non-hydrogen) atoms. The molecule has 1 saturated carbocycles. The maximum Gasteiger partial charge on any atom is 0.237 e. The summed E-state index contributed by atoms with van der Waals surface area (Å²) in [4.78, 5) is 12.1. The molecular weight excluding hydrogens is 228 g/mol. The normalized spacial score (nSPS) is 27.1. The smallest absolute Gasteiger partial charge is 0.237 e. The Hall–Kier alpha value is -0.610. The molecule has 0 aromatic heterocycles. The van der Waals surface area contributed by atoms with E-state index < -0.39 is 0 Å². The molecule has 4 nitrogen and oxygen atoms in total. The Morgan fingerprint density at radius 2 is 2.06 bits per heavy atom. The van der Waals surface area contributed by atoms with Gasteiger partial charge in [-0.1, -0.05) is 19.3 Å². The van der Waals surface area contributed by atoms with Crippen LogP contribution in [0.15, 0.2) is 0 Å². The highest BCUT2D eigenvalue weighted by molar-refractivity contribution is 5.81. The fraction of sp³-hybridized carbons (Fsp3) is 0.929. The van der Waals surface area contributed by atoms with Crippen molar-refractivity contribution >= 4 is 5.91 Å². The van der Waals surface area contributed by atoms with Crippen LogP contribution in [0.2, 0.25) is 0 Å². The third kappa shape index (κ3) is 3.45. The molecule has 2 rings (SSSR count). The SMILES string of the molecule is O=C(NCC1(CCO)CCCC1)C1CCCCN1. The average Bonchev–Trinajstić information content (AvgIpc) is 2.87. The highest BCUT2D eigenvalue weighted by Crippen LogP contribution is 2.40. The van der Waals surface area contributed by atoms with Gasteiger partial charge in [0.05, 0.1) is 6.04 Å². The van der Waals surface area contributed by atoms with Crippen LogP contribution in [-0.2, 0) is 4.79 Å². The van der Waals surface area contributed by atoms with Crippen molar-refractivity contribution in [2.24, 2.45) is 5.41 Å². The Labute approximate surface area is 110 Å². The fourth-order valence-electron chi connectivity index (χ4n) is 3.35. The summed E-state index contributed by atoms with van der Waals surface area (Å²) < 4.78 is 0. The Kier molecular flexibility index (Phi) is 5.01. The van der Waals surface area contributed by atoms with E-state index in [0.29, 0.717) is 0 Å². The molecule has 0 radical (unpaired) electrons. The number of carbonyl (C=O) groups excluding carboxylic acids is 1. The molecule has 0 aromatic carbocycles. The predicted molar refractivity (Wildman–Crippen MR) is 71.3 cm³/mol. The second-order valence-corrected chi connectivity index (χ2v) is 5.90. The molecular formula is C14H26N2O2. The molecule has 1 aliphatic carbocycles. The molecule has 2 aliphatic rings. The van der Waals surface area contributed by atoms with Crippen molar-refractivity contribution in [1.82, 2.24) is 10.6 Å². The maximum absolute atomic E-state index is 12.1. The number of nitrogens with one attached hydrogen (secondary N) is 2. The quantitative estimate of drug-likeness (QED) is 0.690. The molecule has 3 N–H and O–H groups in total. The number of hydrogen-bond donors (Lipinski definition) is 3. The van der Waals surface area contributed by atoms with E-state index in [1.54, 1.807) is 0 Å². The van der Waals surface area contributed by atoms with E-state index in [1.807, 2.05) is 0 Å². The lowest BCUT2D eigenvalue weighted by molar-refractivity contribution is -0.124. The summed E-state index contributed by atoms with van der Waals surface area (Å²) in [6.45, 7) is 1.93. The minimum atomic E-state index is 0.00586. The first-order valence-electron chi connectivity index (χ1n) is 7.38. The zero-order valence-corrected chi connectivity index (χ0v) is 11.2. The summed E-state index contributed by atoms with van der Waals surface area (Å²) in [5.74, 6) is 0.152. The van der Waals surface area contributed by atoms with Crippen LogP contribution in [0.1, 0.15) is 51.4 Å². The highest BCUT2D eigenvalue weighted by atomic mass is 16.3. The van der Waals surface area contributed by atoms with E-state index >= 15 is 0 Å². The van der Waals surface area contributed by atoms with E-state index in [1.165, 1.54) is 19.3 Å². The van der Waals surface area contributed by atoms with Crippen LogP contribution in [0, 0.1) is 5.41 Å². The van der Waals surface area contributed by atoms with Gasteiger partial charge < -0.3 is 15.7 Å². The standard InChI is InChI=1S/C14H26N2O2/c17-10-8-14(6-2-3-7-14)11-16-13(18)12-5-1-4-9-15-12/h12,15,17H,1-11H2,(H,16,18). The summed E-state index contributed by atoms with van der Waals surface area (Å²) in [6, 6.07) is 0.00586. The van der Waals surface area contributed by atoms with Crippen molar-refractivity contribution in [1.29, 1.82) is 0 Å². The fourth-order valence-corrected chi connectivity index (χ4v) is 3.35. The molecule has 4 heteroatoms. The van der Waals surface area contributed by atoms with Gasteiger partial charge in [-0.15, -0.1) is 0 Å². The van der Waals surface area contributed by atoms with Crippen LogP contribution < -0.4 is 10.6 Å². The van der Waals surface area contributed by atoms with Gasteiger partial charge in [-0.05, 0) is 44.1 Å². The first-order chi connectivity index (χ1) is 8.76. The van der Waals surface area contributed by atoms with Crippen LogP contribution >= 0.6 is 0 Å². The highest BCUT2D eigenvalue weighted by Gasteiger charge is 2.34. The van der Waals surface area contributed by atoms with E-state index in [-0.39, 0.29) is 24.0 Å². The Morgan fingerprint density at radius 1 is 1.28 bits per heavy atom. The molecule has 1 atom stereocenters. The maximum atomic E-state index is 12.1. The van der Waals surface area contributed by atoms with Crippen LogP contribution in [0.25, 0.3) is 0 Å². The number of carbonyl (C=O) groups is 1. The lowest BCUT2D eigenvalue weighted by atomic mass is 9.83. The van der Waals surface area contributed by atoms with Crippen LogP contribution in [0.3, 0.4) is 0 Å². The zero-order valence-electron chi connectivity index (χ0n) is 11.2. The molecule has 1 saturated heterocycles. The molecule has 0 spiro atoms. The zero-order chi connectivity index (χ0) is 12.8. The molecule has 2 fully saturated rings. The van der Waals surface area contributed by atoms with Crippen molar-refractivity contribution in [3.8, 4) is 0 Å². The minimum Gasteiger partial charge on any atom is -0.396 e. The van der Waals surface area contributed by atoms with Crippen molar-refractivity contribution in [3.63, 3.8) is 0 Å². The molecule has 1 heterocycles. The van der Waals surface area contributed by atoms with E-state index in [4.69, 9.17) is 0 Å². The third-order valence-electron chi connectivity index (χ3n) is 4.57. The van der Waals surface area contributed by atoms with E-state index in [0.717, 1.165) is 45.2 Å². The summed E-state index contributed by atoms with van der Waals surface area (Å²) in [5.41, 5.74) is 0.166. The van der Waals surface area contributed by atoms with Crippen LogP contribution in [0.4, 0.5) is 0 Å². The molecule has 0 bridgehead atoms. The lowest BCUT2D eigenvalue weighted by Crippen LogP contribution is -2.49. The van der Waals surface area contributed by atoms with Crippen molar-refractivity contribution < 1.29 is 9.90 Å². The van der Waals surface area contributed by atoms with Crippen molar-refractivity contribution in [2.45, 2.75) is 57.4 Å². The molecule has 0 aromatic rings. The van der Waals surface area contributed by atoms with Gasteiger partial charge in [-0.3, -0.25) is 4.79 Å². The summed E-state index contributed by atoms with van der Waals surface area (Å²) in [5, 5.41) is 15.6. The minimum absolute atomic E-state index is 0.00586. The van der Waals surface area contributed by atoms with Gasteiger partial charge in [0, 0.05) is 13.2 Å². The molecule has 1 aliphatic heterocycles. The summed E-state index contributed by atoms with van der Waals surface area (Å²) in [7, 11) is 0. The van der Waals surface area contributed by atoms with Crippen LogP contribution in [-0.4, -0.2) is 36.8 Å². The molecule has 1 unspecified atom stereocenters. The Bertz CT molecular complexity index is 269. The van der Waals surface area contributed by atoms with Crippen molar-refractivity contribution in [2.75, 3.05) is 19.7 Å². The van der Waals surface area contributed by atoms with E-state index in [9.17, 15) is 9.90 Å². The Morgan fingerprint density at radius 3 is 2.67 bits per heavy atom. The van der Waals surface area contributed by atoms with Gasteiger partial charge in [0.15, 0.2) is 0 Å². The lowest BCUT2D eigenvalue weighted by Gasteiger charge is -2.30. The second kappa shape index (κ2) is 6.53. The molecule has 1 amide bonds. The number of rotatable bonds is 5. The summed E-state index contributed by atoms with van der Waals surface area (Å²) >= 11 is 0. The van der Waals surface area contributed by atoms with Crippen LogP contribution in [0.5, 0.6) is 0 Å². The monoisotopic (exact) mass is 254 g/mol. The van der Waals surface area contributed by atoms with Gasteiger partial charge in [-0.2, -0.15) is 0 Å². The van der Waals surface area contributed by atoms with E-state index in [2.05, 4.69) is 10.6 Å². The molecule has 104 valence electrons. The van der Waals surface area contributed by atoms with Crippen molar-refractivity contribution in [3.05, 3.63) is 0 Å². The predicted octanol–water partition coefficient (Wildman–Crippen LogP) is 1.19. The second-order valence-electron chi connectivity index (χ2n) is 5.90. The van der Waals surface area contributed by atoms with Gasteiger partial charge in [0.25, 0.3) is 0 Å².